The minimum Gasteiger partial charge on any atom is -0.481 e. The van der Waals surface area contributed by atoms with E-state index in [9.17, 15) is 9.90 Å². The van der Waals surface area contributed by atoms with Crippen molar-refractivity contribution >= 4 is 5.97 Å². The van der Waals surface area contributed by atoms with Crippen molar-refractivity contribution in [3.8, 4) is 0 Å². The van der Waals surface area contributed by atoms with E-state index in [1.807, 2.05) is 21.1 Å². The zero-order valence-electron chi connectivity index (χ0n) is 8.11. The van der Waals surface area contributed by atoms with Gasteiger partial charge >= 0.3 is 5.97 Å². The summed E-state index contributed by atoms with van der Waals surface area (Å²) >= 11 is 0. The summed E-state index contributed by atoms with van der Waals surface area (Å²) < 4.78 is 7.50. The lowest BCUT2D eigenvalue weighted by molar-refractivity contribution is -0.873. The molecule has 11 heavy (non-hydrogen) atoms. The summed E-state index contributed by atoms with van der Waals surface area (Å²) in [7, 11) is 5.49. The molecule has 0 rings (SSSR count). The van der Waals surface area contributed by atoms with Crippen molar-refractivity contribution in [1.29, 1.82) is 0 Å². The van der Waals surface area contributed by atoms with Gasteiger partial charge in [-0.05, 0) is 0 Å². The summed E-state index contributed by atoms with van der Waals surface area (Å²) in [5.41, 5.74) is 0. The maximum Gasteiger partial charge on any atom is 0.306 e. The number of rotatable bonds is 4. The summed E-state index contributed by atoms with van der Waals surface area (Å²) in [5.74, 6) is -1.28. The van der Waals surface area contributed by atoms with Gasteiger partial charge in [-0.25, -0.2) is 0 Å². The lowest BCUT2D eigenvalue weighted by Crippen LogP contribution is -2.42. The molecule has 0 aliphatic rings. The van der Waals surface area contributed by atoms with Gasteiger partial charge in [0.1, 0.15) is 12.6 Å². The number of carbonyl (C=O) groups is 1. The molecular weight excluding hydrogens is 146 g/mol. The van der Waals surface area contributed by atoms with E-state index in [4.69, 9.17) is 6.48 Å². The van der Waals surface area contributed by atoms with Crippen molar-refractivity contribution in [3.63, 3.8) is 0 Å². The molecule has 0 heterocycles. The van der Waals surface area contributed by atoms with E-state index in [1.54, 1.807) is 0 Å². The van der Waals surface area contributed by atoms with Crippen LogP contribution in [0.5, 0.6) is 0 Å². The number of quaternary nitrogens is 1. The number of aliphatic hydroxyl groups excluding tert-OH is 1. The minimum absolute atomic E-state index is 0.264. The van der Waals surface area contributed by atoms with Gasteiger partial charge in [0, 0.05) is 1.37 Å². The molecule has 2 atom stereocenters. The van der Waals surface area contributed by atoms with Crippen LogP contribution in [0.25, 0.3) is 0 Å². The Labute approximate surface area is 68.1 Å². The number of nitrogens with zero attached hydrogens (tertiary/aromatic N) is 1. The number of carboxylic acid groups (broad SMARTS) is 1. The number of carboxylic acids is 1. The first-order chi connectivity index (χ1) is 5.24. The van der Waals surface area contributed by atoms with Crippen LogP contribution in [0.3, 0.4) is 0 Å². The van der Waals surface area contributed by atoms with Gasteiger partial charge in [-0.15, -0.1) is 0 Å². The summed E-state index contributed by atoms with van der Waals surface area (Å²) in [6, 6.07) is 0. The fraction of sp³-hybridized carbons (Fsp3) is 0.857. The van der Waals surface area contributed by atoms with Gasteiger partial charge in [0.2, 0.25) is 0 Å². The van der Waals surface area contributed by atoms with Gasteiger partial charge in [0.15, 0.2) is 0 Å². The normalized spacial score (nSPS) is 18.7. The number of aliphatic hydroxyl groups is 1. The summed E-state index contributed by atoms with van der Waals surface area (Å²) in [6.07, 6.45) is -2.55. The molecule has 0 spiro atoms. The SMILES string of the molecule is [2H][C@@H](C(=O)O)[C@@H](O)C[N+](C)(C)C. The fourth-order valence-corrected chi connectivity index (χ4v) is 0.778. The molecule has 0 saturated carbocycles. The van der Waals surface area contributed by atoms with Crippen molar-refractivity contribution in [3.05, 3.63) is 0 Å². The second-order valence-corrected chi connectivity index (χ2v) is 3.55. The second-order valence-electron chi connectivity index (χ2n) is 3.55. The molecule has 0 unspecified atom stereocenters. The first kappa shape index (κ1) is 8.49. The average Bonchev–Trinajstić information content (AvgIpc) is 1.82. The van der Waals surface area contributed by atoms with Gasteiger partial charge in [0.25, 0.3) is 0 Å². The zero-order chi connectivity index (χ0) is 9.94. The Kier molecular flexibility index (Phi) is 2.84. The van der Waals surface area contributed by atoms with Crippen LogP contribution in [0.2, 0.25) is 0 Å². The highest BCUT2D eigenvalue weighted by atomic mass is 16.4. The molecule has 0 radical (unpaired) electrons. The van der Waals surface area contributed by atoms with E-state index >= 15 is 0 Å². The third kappa shape index (κ3) is 7.29. The molecule has 0 aromatic rings. The Morgan fingerprint density at radius 1 is 1.64 bits per heavy atom. The number of likely N-dealkylation sites (N-methyl/N-ethyl adjacent to an activating group) is 1. The predicted octanol–water partition coefficient (Wildman–Crippen LogP) is -0.472. The highest BCUT2D eigenvalue weighted by Crippen LogP contribution is 1.98. The molecule has 0 saturated heterocycles. The van der Waals surface area contributed by atoms with Gasteiger partial charge in [-0.1, -0.05) is 0 Å². The van der Waals surface area contributed by atoms with Crippen LogP contribution in [-0.4, -0.2) is 54.5 Å². The predicted molar refractivity (Wildman–Crippen MR) is 41.2 cm³/mol. The van der Waals surface area contributed by atoms with Crippen molar-refractivity contribution in [2.75, 3.05) is 27.7 Å². The molecule has 0 aromatic heterocycles. The van der Waals surface area contributed by atoms with E-state index in [-0.39, 0.29) is 6.54 Å². The Morgan fingerprint density at radius 3 is 2.36 bits per heavy atom. The molecule has 4 heteroatoms. The van der Waals surface area contributed by atoms with Crippen LogP contribution in [-0.2, 0) is 4.79 Å². The Morgan fingerprint density at radius 2 is 2.09 bits per heavy atom. The van der Waals surface area contributed by atoms with Crippen molar-refractivity contribution in [1.82, 2.24) is 0 Å². The molecule has 66 valence electrons. The van der Waals surface area contributed by atoms with Crippen LogP contribution in [0.1, 0.15) is 7.77 Å². The van der Waals surface area contributed by atoms with Crippen molar-refractivity contribution < 1.29 is 20.9 Å². The standard InChI is InChI=1S/C7H15NO3/c1-8(2,3)5-6(9)4-7(10)11/h6,9H,4-5H2,1-3H3/p+1/t6-/m1/s1/i4D/t4-,6-. The van der Waals surface area contributed by atoms with E-state index in [2.05, 4.69) is 0 Å². The smallest absolute Gasteiger partial charge is 0.306 e. The molecular formula is C7H16NO3+. The van der Waals surface area contributed by atoms with Crippen molar-refractivity contribution in [2.24, 2.45) is 0 Å². The highest BCUT2D eigenvalue weighted by Gasteiger charge is 2.17. The third-order valence-electron chi connectivity index (χ3n) is 1.07. The minimum atomic E-state index is -1.44. The third-order valence-corrected chi connectivity index (χ3v) is 1.07. The molecule has 4 nitrogen and oxygen atoms in total. The Hall–Kier alpha value is -0.610. The first-order valence-electron chi connectivity index (χ1n) is 3.95. The van der Waals surface area contributed by atoms with Gasteiger partial charge in [-0.2, -0.15) is 0 Å². The highest BCUT2D eigenvalue weighted by molar-refractivity contribution is 5.67. The summed E-state index contributed by atoms with van der Waals surface area (Å²) in [6.45, 7) is 0.264. The molecule has 0 bridgehead atoms. The largest absolute Gasteiger partial charge is 0.481 e. The number of hydrogen-bond donors (Lipinski definition) is 2. The maximum atomic E-state index is 10.3. The monoisotopic (exact) mass is 163 g/mol. The van der Waals surface area contributed by atoms with E-state index in [0.29, 0.717) is 4.48 Å². The molecule has 0 aliphatic heterocycles. The van der Waals surface area contributed by atoms with Crippen LogP contribution >= 0.6 is 0 Å². The average molecular weight is 163 g/mol. The lowest BCUT2D eigenvalue weighted by atomic mass is 10.2. The summed E-state index contributed by atoms with van der Waals surface area (Å²) in [4.78, 5) is 10.3. The van der Waals surface area contributed by atoms with Crippen LogP contribution in [0.4, 0.5) is 0 Å². The molecule has 0 fully saturated rings. The maximum absolute atomic E-state index is 10.3. The molecule has 0 aromatic carbocycles. The lowest BCUT2D eigenvalue weighted by Gasteiger charge is -2.25. The molecule has 0 amide bonds. The first-order valence-corrected chi connectivity index (χ1v) is 3.37. The van der Waals surface area contributed by atoms with Gasteiger partial charge in [-0.3, -0.25) is 4.79 Å². The molecule has 0 aliphatic carbocycles. The van der Waals surface area contributed by atoms with Crippen LogP contribution < -0.4 is 0 Å². The van der Waals surface area contributed by atoms with Gasteiger partial charge in [0.05, 0.1) is 27.5 Å². The Bertz CT molecular complexity index is 167. The Balaban J connectivity index is 4.04. The fourth-order valence-electron chi connectivity index (χ4n) is 0.778. The second kappa shape index (κ2) is 3.69. The molecule has 2 N–H and O–H groups in total. The topological polar surface area (TPSA) is 57.5 Å². The number of aliphatic carboxylic acids is 1. The van der Waals surface area contributed by atoms with E-state index < -0.39 is 18.5 Å². The van der Waals surface area contributed by atoms with Crippen molar-refractivity contribution in [2.45, 2.75) is 12.5 Å². The van der Waals surface area contributed by atoms with Crippen LogP contribution in [0, 0.1) is 0 Å². The zero-order valence-corrected chi connectivity index (χ0v) is 7.11. The van der Waals surface area contributed by atoms with Crippen LogP contribution in [0.15, 0.2) is 0 Å². The number of hydrogen-bond acceptors (Lipinski definition) is 2. The van der Waals surface area contributed by atoms with Gasteiger partial charge < -0.3 is 14.7 Å². The van der Waals surface area contributed by atoms with E-state index in [1.165, 1.54) is 0 Å². The van der Waals surface area contributed by atoms with E-state index in [0.717, 1.165) is 0 Å². The summed E-state index contributed by atoms with van der Waals surface area (Å²) in [5, 5.41) is 17.6. The quantitative estimate of drug-likeness (QED) is 0.551.